The Morgan fingerprint density at radius 1 is 1.11 bits per heavy atom. The van der Waals surface area contributed by atoms with Gasteiger partial charge in [-0.2, -0.15) is 0 Å². The predicted octanol–water partition coefficient (Wildman–Crippen LogP) is 3.15. The molecule has 1 aromatic rings. The van der Waals surface area contributed by atoms with Crippen LogP contribution < -0.4 is 5.32 Å². The summed E-state index contributed by atoms with van der Waals surface area (Å²) in [5.74, 6) is -1.77. The van der Waals surface area contributed by atoms with Crippen LogP contribution in [0.1, 0.15) is 24.2 Å². The molecule has 35 heavy (non-hydrogen) atoms. The van der Waals surface area contributed by atoms with Gasteiger partial charge in [0.1, 0.15) is 19.0 Å². The van der Waals surface area contributed by atoms with Crippen LogP contribution in [-0.4, -0.2) is 54.2 Å². The number of amides is 1. The van der Waals surface area contributed by atoms with Crippen LogP contribution in [0.5, 0.6) is 0 Å². The number of allylic oxidation sites excluding steroid dienone is 3. The first-order valence-corrected chi connectivity index (χ1v) is 11.7. The van der Waals surface area contributed by atoms with E-state index < -0.39 is 34.6 Å². The fourth-order valence-electron chi connectivity index (χ4n) is 3.97. The zero-order valence-corrected chi connectivity index (χ0v) is 20.4. The van der Waals surface area contributed by atoms with Crippen LogP contribution in [0.4, 0.5) is 0 Å². The third-order valence-electron chi connectivity index (χ3n) is 5.64. The molecule has 1 heterocycles. The maximum absolute atomic E-state index is 13.3. The Kier molecular flexibility index (Phi) is 8.34. The molecule has 3 rings (SSSR count). The third-order valence-corrected chi connectivity index (χ3v) is 7.08. The summed E-state index contributed by atoms with van der Waals surface area (Å²) in [4.78, 5) is 49.6. The lowest BCUT2D eigenvalue weighted by Crippen LogP contribution is -2.46. The van der Waals surface area contributed by atoms with Crippen molar-refractivity contribution in [3.63, 3.8) is 0 Å². The average Bonchev–Trinajstić information content (AvgIpc) is 2.84. The van der Waals surface area contributed by atoms with Crippen molar-refractivity contribution >= 4 is 35.4 Å². The number of carbonyl (C=O) groups excluding carboxylic acids is 4. The molecule has 1 amide bonds. The maximum Gasteiger partial charge on any atom is 0.330 e. The molecule has 1 aliphatic carbocycles. The lowest BCUT2D eigenvalue weighted by atomic mass is 9.76. The van der Waals surface area contributed by atoms with Crippen molar-refractivity contribution in [3.05, 3.63) is 78.6 Å². The van der Waals surface area contributed by atoms with E-state index in [-0.39, 0.29) is 25.6 Å². The first-order chi connectivity index (χ1) is 16.7. The SMILES string of the molecule is C=CC(=O)OCC(COC(=O)C=C)NC(=O)COC1=CC=C(C)C2C(=O)c3ccccc3SC12C. The van der Waals surface area contributed by atoms with E-state index in [1.165, 1.54) is 11.8 Å². The Labute approximate surface area is 208 Å². The fourth-order valence-corrected chi connectivity index (χ4v) is 5.49. The predicted molar refractivity (Wildman–Crippen MR) is 131 cm³/mol. The largest absolute Gasteiger partial charge is 0.487 e. The molecule has 0 saturated carbocycles. The zero-order chi connectivity index (χ0) is 25.6. The highest BCUT2D eigenvalue weighted by Crippen LogP contribution is 2.54. The van der Waals surface area contributed by atoms with Gasteiger partial charge in [0.2, 0.25) is 0 Å². The number of carbonyl (C=O) groups is 4. The van der Waals surface area contributed by atoms with Crippen LogP contribution >= 0.6 is 11.8 Å². The van der Waals surface area contributed by atoms with Gasteiger partial charge < -0.3 is 19.5 Å². The van der Waals surface area contributed by atoms with E-state index in [9.17, 15) is 19.2 Å². The second-order valence-electron chi connectivity index (χ2n) is 8.17. The van der Waals surface area contributed by atoms with Crippen molar-refractivity contribution in [1.82, 2.24) is 5.32 Å². The number of hydrogen-bond acceptors (Lipinski definition) is 8. The Morgan fingerprint density at radius 2 is 1.74 bits per heavy atom. The van der Waals surface area contributed by atoms with E-state index in [0.29, 0.717) is 11.3 Å². The van der Waals surface area contributed by atoms with Gasteiger partial charge in [-0.05, 0) is 26.0 Å². The molecule has 9 heteroatoms. The van der Waals surface area contributed by atoms with Gasteiger partial charge in [-0.15, -0.1) is 11.8 Å². The van der Waals surface area contributed by atoms with E-state index in [1.807, 2.05) is 44.2 Å². The quantitative estimate of drug-likeness (QED) is 0.388. The highest BCUT2D eigenvalue weighted by Gasteiger charge is 2.50. The molecular weight excluding hydrogens is 470 g/mol. The highest BCUT2D eigenvalue weighted by molar-refractivity contribution is 8.01. The fraction of sp³-hybridized carbons (Fsp3) is 0.308. The van der Waals surface area contributed by atoms with Crippen LogP contribution in [-0.2, 0) is 28.6 Å². The number of nitrogens with one attached hydrogen (secondary N) is 1. The van der Waals surface area contributed by atoms with Gasteiger partial charge >= 0.3 is 11.9 Å². The van der Waals surface area contributed by atoms with E-state index in [1.54, 1.807) is 6.08 Å². The number of Topliss-reactive ketones (excluding diaryl/α,β-unsaturated/α-hetero) is 1. The summed E-state index contributed by atoms with van der Waals surface area (Å²) in [6.45, 7) is 9.67. The average molecular weight is 498 g/mol. The third kappa shape index (κ3) is 5.92. The van der Waals surface area contributed by atoms with Crippen LogP contribution in [0.25, 0.3) is 0 Å². The minimum atomic E-state index is -0.803. The maximum atomic E-state index is 13.3. The molecule has 0 radical (unpaired) electrons. The van der Waals surface area contributed by atoms with Crippen molar-refractivity contribution in [2.45, 2.75) is 29.5 Å². The molecular formula is C26H27NO7S. The summed E-state index contributed by atoms with van der Waals surface area (Å²) in [5, 5.41) is 2.63. The number of ketones is 1. The summed E-state index contributed by atoms with van der Waals surface area (Å²) < 4.78 is 15.1. The molecule has 1 aliphatic heterocycles. The number of thioether (sulfide) groups is 1. The molecule has 8 nitrogen and oxygen atoms in total. The monoisotopic (exact) mass is 497 g/mol. The van der Waals surface area contributed by atoms with E-state index in [0.717, 1.165) is 22.6 Å². The van der Waals surface area contributed by atoms with Gasteiger partial charge in [0.15, 0.2) is 12.4 Å². The number of ether oxygens (including phenoxy) is 3. The van der Waals surface area contributed by atoms with E-state index in [2.05, 4.69) is 18.5 Å². The van der Waals surface area contributed by atoms with Gasteiger partial charge in [-0.1, -0.05) is 43.0 Å². The lowest BCUT2D eigenvalue weighted by Gasteiger charge is -2.43. The van der Waals surface area contributed by atoms with Crippen molar-refractivity contribution in [2.24, 2.45) is 5.92 Å². The van der Waals surface area contributed by atoms with Crippen LogP contribution in [0.15, 0.2) is 78.0 Å². The Hall–Kier alpha value is -3.59. The first kappa shape index (κ1) is 26.0. The standard InChI is InChI=1S/C26H27NO7S/c1-5-22(29)33-13-17(14-34-23(30)6-2)27-21(28)15-32-20-12-11-16(3)24-25(31)18-9-7-8-10-19(18)35-26(20,24)4/h5-12,17,24H,1-2,13-15H2,3-4H3,(H,27,28). The molecule has 2 aliphatic rings. The minimum absolute atomic E-state index is 0.0161. The molecule has 2 atom stereocenters. The minimum Gasteiger partial charge on any atom is -0.487 e. The van der Waals surface area contributed by atoms with Crippen molar-refractivity contribution in [1.29, 1.82) is 0 Å². The summed E-state index contributed by atoms with van der Waals surface area (Å²) in [7, 11) is 0. The molecule has 2 unspecified atom stereocenters. The number of rotatable bonds is 10. The summed E-state index contributed by atoms with van der Waals surface area (Å²) in [6.07, 6.45) is 5.59. The molecule has 0 aromatic heterocycles. The zero-order valence-electron chi connectivity index (χ0n) is 19.6. The highest BCUT2D eigenvalue weighted by atomic mass is 32.2. The smallest absolute Gasteiger partial charge is 0.330 e. The van der Waals surface area contributed by atoms with Crippen LogP contribution in [0, 0.1) is 5.92 Å². The molecule has 0 bridgehead atoms. The molecule has 184 valence electrons. The van der Waals surface area contributed by atoms with Gasteiger partial charge in [-0.3, -0.25) is 9.59 Å². The van der Waals surface area contributed by atoms with Crippen LogP contribution in [0.2, 0.25) is 0 Å². The number of fused-ring (bicyclic) bond motifs is 2. The molecule has 0 spiro atoms. The number of esters is 2. The van der Waals surface area contributed by atoms with Crippen LogP contribution in [0.3, 0.4) is 0 Å². The van der Waals surface area contributed by atoms with Crippen molar-refractivity contribution < 1.29 is 33.4 Å². The summed E-state index contributed by atoms with van der Waals surface area (Å²) in [5.41, 5.74) is 1.60. The normalized spacial score (nSPS) is 20.4. The Balaban J connectivity index is 1.69. The van der Waals surface area contributed by atoms with E-state index in [4.69, 9.17) is 14.2 Å². The molecule has 0 fully saturated rings. The Morgan fingerprint density at radius 3 is 2.37 bits per heavy atom. The van der Waals surface area contributed by atoms with Gasteiger partial charge in [-0.25, -0.2) is 9.59 Å². The first-order valence-electron chi connectivity index (χ1n) is 10.9. The Bertz CT molecular complexity index is 1100. The van der Waals surface area contributed by atoms with Crippen molar-refractivity contribution in [2.75, 3.05) is 19.8 Å². The molecule has 1 aromatic carbocycles. The second kappa shape index (κ2) is 11.2. The molecule has 1 N–H and O–H groups in total. The second-order valence-corrected chi connectivity index (χ2v) is 9.66. The number of hydrogen-bond donors (Lipinski definition) is 1. The van der Waals surface area contributed by atoms with E-state index >= 15 is 0 Å². The van der Waals surface area contributed by atoms with Gasteiger partial charge in [0.05, 0.1) is 16.7 Å². The number of benzene rings is 1. The van der Waals surface area contributed by atoms with Gasteiger partial charge in [0.25, 0.3) is 5.91 Å². The lowest BCUT2D eigenvalue weighted by molar-refractivity contribution is -0.143. The summed E-state index contributed by atoms with van der Waals surface area (Å²) >= 11 is 1.53. The topological polar surface area (TPSA) is 108 Å². The van der Waals surface area contributed by atoms with Crippen molar-refractivity contribution in [3.8, 4) is 0 Å². The summed E-state index contributed by atoms with van der Waals surface area (Å²) in [6, 6.07) is 6.64. The van der Waals surface area contributed by atoms with Gasteiger partial charge in [0, 0.05) is 22.6 Å². The molecule has 0 saturated heterocycles.